The fourth-order valence-corrected chi connectivity index (χ4v) is 1.97. The highest BCUT2D eigenvalue weighted by Crippen LogP contribution is 2.30. The molecular weight excluding hydrogens is 275 g/mol. The van der Waals surface area contributed by atoms with Crippen LogP contribution in [0.2, 0.25) is 10.0 Å². The Labute approximate surface area is 116 Å². The summed E-state index contributed by atoms with van der Waals surface area (Å²) >= 11 is 11.9. The van der Waals surface area contributed by atoms with E-state index in [9.17, 15) is 4.79 Å². The summed E-state index contributed by atoms with van der Waals surface area (Å²) in [5.41, 5.74) is 10.9. The molecular formula is C11H16Cl2N4O. The Balaban J connectivity index is 3.03. The van der Waals surface area contributed by atoms with Crippen LogP contribution in [0.3, 0.4) is 0 Å². The number of primary amides is 1. The van der Waals surface area contributed by atoms with Crippen molar-refractivity contribution >= 4 is 40.7 Å². The third-order valence-corrected chi connectivity index (χ3v) is 2.95. The second kappa shape index (κ2) is 6.66. The third kappa shape index (κ3) is 3.92. The van der Waals surface area contributed by atoms with Gasteiger partial charge in [-0.2, -0.15) is 0 Å². The minimum absolute atomic E-state index is 0.0494. The van der Waals surface area contributed by atoms with Crippen molar-refractivity contribution in [3.8, 4) is 0 Å². The number of nitrogen functional groups attached to an aromatic ring is 1. The highest BCUT2D eigenvalue weighted by Gasteiger charge is 2.16. The van der Waals surface area contributed by atoms with Crippen molar-refractivity contribution in [2.24, 2.45) is 5.73 Å². The van der Waals surface area contributed by atoms with E-state index in [0.717, 1.165) is 12.8 Å². The van der Waals surface area contributed by atoms with Crippen molar-refractivity contribution in [2.45, 2.75) is 19.8 Å². The first kappa shape index (κ1) is 14.9. The zero-order chi connectivity index (χ0) is 13.7. The molecule has 0 radical (unpaired) electrons. The van der Waals surface area contributed by atoms with Gasteiger partial charge in [0.05, 0.1) is 16.6 Å². The van der Waals surface area contributed by atoms with Crippen LogP contribution in [-0.2, 0) is 4.79 Å². The lowest BCUT2D eigenvalue weighted by molar-refractivity contribution is -0.116. The molecule has 0 spiro atoms. The first-order valence-electron chi connectivity index (χ1n) is 5.60. The lowest BCUT2D eigenvalue weighted by Crippen LogP contribution is -2.35. The van der Waals surface area contributed by atoms with Gasteiger partial charge < -0.3 is 16.4 Å². The Morgan fingerprint density at radius 1 is 1.44 bits per heavy atom. The maximum Gasteiger partial charge on any atom is 0.236 e. The van der Waals surface area contributed by atoms with Crippen LogP contribution in [0, 0.1) is 0 Å². The smallest absolute Gasteiger partial charge is 0.236 e. The van der Waals surface area contributed by atoms with Crippen LogP contribution in [-0.4, -0.2) is 24.0 Å². The average molecular weight is 291 g/mol. The van der Waals surface area contributed by atoms with Gasteiger partial charge in [0, 0.05) is 6.54 Å². The number of hydrogen-bond donors (Lipinski definition) is 2. The van der Waals surface area contributed by atoms with Gasteiger partial charge in [-0.15, -0.1) is 0 Å². The van der Waals surface area contributed by atoms with E-state index in [2.05, 4.69) is 4.98 Å². The molecule has 18 heavy (non-hydrogen) atoms. The predicted octanol–water partition coefficient (Wildman–Crippen LogP) is 2.06. The fourth-order valence-electron chi connectivity index (χ4n) is 1.49. The Bertz CT molecular complexity index is 439. The summed E-state index contributed by atoms with van der Waals surface area (Å²) in [6.07, 6.45) is 1.88. The molecule has 0 aliphatic carbocycles. The van der Waals surface area contributed by atoms with Crippen LogP contribution in [0.5, 0.6) is 0 Å². The van der Waals surface area contributed by atoms with Gasteiger partial charge in [-0.05, 0) is 12.5 Å². The van der Waals surface area contributed by atoms with Crippen LogP contribution in [0.25, 0.3) is 0 Å². The van der Waals surface area contributed by atoms with Gasteiger partial charge in [-0.1, -0.05) is 36.5 Å². The van der Waals surface area contributed by atoms with E-state index in [1.165, 1.54) is 6.07 Å². The minimum atomic E-state index is -0.447. The van der Waals surface area contributed by atoms with Gasteiger partial charge in [0.25, 0.3) is 0 Å². The maximum atomic E-state index is 11.1. The van der Waals surface area contributed by atoms with E-state index in [1.54, 1.807) is 4.90 Å². The van der Waals surface area contributed by atoms with Gasteiger partial charge in [0.2, 0.25) is 5.91 Å². The minimum Gasteiger partial charge on any atom is -0.382 e. The topological polar surface area (TPSA) is 85.2 Å². The normalized spacial score (nSPS) is 10.4. The van der Waals surface area contributed by atoms with E-state index in [4.69, 9.17) is 34.7 Å². The summed E-state index contributed by atoms with van der Waals surface area (Å²) < 4.78 is 0. The number of amides is 1. The number of halogens is 2. The van der Waals surface area contributed by atoms with Crippen LogP contribution in [0.15, 0.2) is 6.07 Å². The molecule has 0 atom stereocenters. The summed E-state index contributed by atoms with van der Waals surface area (Å²) in [5, 5.41) is 0.643. The van der Waals surface area contributed by atoms with E-state index < -0.39 is 5.91 Å². The molecule has 1 aromatic rings. The quantitative estimate of drug-likeness (QED) is 0.840. The molecule has 0 aliphatic heterocycles. The fraction of sp³-hybridized carbons (Fsp3) is 0.455. The molecule has 1 aromatic heterocycles. The van der Waals surface area contributed by atoms with E-state index in [-0.39, 0.29) is 12.4 Å². The van der Waals surface area contributed by atoms with Crippen LogP contribution in [0.1, 0.15) is 19.8 Å². The Hall–Kier alpha value is -1.20. The van der Waals surface area contributed by atoms with Crippen molar-refractivity contribution in [3.63, 3.8) is 0 Å². The van der Waals surface area contributed by atoms with Gasteiger partial charge in [0.15, 0.2) is 0 Å². The first-order chi connectivity index (χ1) is 8.45. The molecule has 1 rings (SSSR count). The molecule has 0 fully saturated rings. The number of nitrogens with zero attached hydrogens (tertiary/aromatic N) is 2. The third-order valence-electron chi connectivity index (χ3n) is 2.37. The molecule has 1 heterocycles. The summed E-state index contributed by atoms with van der Waals surface area (Å²) in [4.78, 5) is 16.9. The second-order valence-electron chi connectivity index (χ2n) is 3.90. The Morgan fingerprint density at radius 2 is 2.11 bits per heavy atom. The van der Waals surface area contributed by atoms with Crippen molar-refractivity contribution in [1.29, 1.82) is 0 Å². The second-order valence-corrected chi connectivity index (χ2v) is 4.72. The SMILES string of the molecule is CCCCN(CC(N)=O)c1nc(N)c(Cl)cc1Cl. The Kier molecular flexibility index (Phi) is 5.50. The molecule has 100 valence electrons. The average Bonchev–Trinajstić information content (AvgIpc) is 2.29. The number of rotatable bonds is 6. The number of carbonyl (C=O) groups is 1. The van der Waals surface area contributed by atoms with Crippen LogP contribution < -0.4 is 16.4 Å². The number of pyridine rings is 1. The van der Waals surface area contributed by atoms with Gasteiger partial charge >= 0.3 is 0 Å². The van der Waals surface area contributed by atoms with Crippen LogP contribution in [0.4, 0.5) is 11.6 Å². The molecule has 0 aliphatic rings. The number of nitrogens with two attached hydrogens (primary N) is 2. The van der Waals surface area contributed by atoms with Crippen LogP contribution >= 0.6 is 23.2 Å². The molecule has 0 saturated heterocycles. The molecule has 4 N–H and O–H groups in total. The van der Waals surface area contributed by atoms with E-state index in [0.29, 0.717) is 22.4 Å². The molecule has 7 heteroatoms. The standard InChI is InChI=1S/C11H16Cl2N4O/c1-2-3-4-17(6-9(14)18)11-8(13)5-7(12)10(15)16-11/h5H,2-4,6H2,1H3,(H2,14,18)(H2,15,16). The number of aromatic nitrogens is 1. The molecule has 0 aromatic carbocycles. The highest BCUT2D eigenvalue weighted by atomic mass is 35.5. The van der Waals surface area contributed by atoms with Gasteiger partial charge in [-0.25, -0.2) is 4.98 Å². The molecule has 0 unspecified atom stereocenters. The maximum absolute atomic E-state index is 11.1. The summed E-state index contributed by atoms with van der Waals surface area (Å²) in [6, 6.07) is 1.51. The molecule has 0 saturated carbocycles. The van der Waals surface area contributed by atoms with Crippen molar-refractivity contribution < 1.29 is 4.79 Å². The summed E-state index contributed by atoms with van der Waals surface area (Å²) in [5.74, 6) is 0.172. The van der Waals surface area contributed by atoms with Crippen molar-refractivity contribution in [2.75, 3.05) is 23.7 Å². The predicted molar refractivity (Wildman–Crippen MR) is 75.0 cm³/mol. The summed E-state index contributed by atoms with van der Waals surface area (Å²) in [7, 11) is 0. The monoisotopic (exact) mass is 290 g/mol. The lowest BCUT2D eigenvalue weighted by Gasteiger charge is -2.23. The van der Waals surface area contributed by atoms with E-state index in [1.807, 2.05) is 6.92 Å². The molecule has 5 nitrogen and oxygen atoms in total. The largest absolute Gasteiger partial charge is 0.382 e. The summed E-state index contributed by atoms with van der Waals surface area (Å²) in [6.45, 7) is 2.73. The zero-order valence-electron chi connectivity index (χ0n) is 10.1. The van der Waals surface area contributed by atoms with Crippen molar-refractivity contribution in [3.05, 3.63) is 16.1 Å². The first-order valence-corrected chi connectivity index (χ1v) is 6.36. The Morgan fingerprint density at radius 3 is 2.67 bits per heavy atom. The van der Waals surface area contributed by atoms with Crippen molar-refractivity contribution in [1.82, 2.24) is 4.98 Å². The lowest BCUT2D eigenvalue weighted by atomic mass is 10.3. The van der Waals surface area contributed by atoms with Gasteiger partial charge in [-0.3, -0.25) is 4.79 Å². The van der Waals surface area contributed by atoms with Gasteiger partial charge in [0.1, 0.15) is 11.6 Å². The number of carbonyl (C=O) groups excluding carboxylic acids is 1. The number of unbranched alkanes of at least 4 members (excludes halogenated alkanes) is 1. The van der Waals surface area contributed by atoms with E-state index >= 15 is 0 Å². The molecule has 0 bridgehead atoms. The highest BCUT2D eigenvalue weighted by molar-refractivity contribution is 6.37. The zero-order valence-corrected chi connectivity index (χ0v) is 11.6. The number of hydrogen-bond acceptors (Lipinski definition) is 4. The number of anilines is 2. The molecule has 1 amide bonds.